The molecule has 0 radical (unpaired) electrons. The third-order valence-corrected chi connectivity index (χ3v) is 4.22. The first kappa shape index (κ1) is 15.6. The Morgan fingerprint density at radius 3 is 2.57 bits per heavy atom. The van der Waals surface area contributed by atoms with Crippen molar-refractivity contribution in [2.24, 2.45) is 5.10 Å². The summed E-state index contributed by atoms with van der Waals surface area (Å²) in [6, 6.07) is 15.4. The molecule has 0 aliphatic carbocycles. The van der Waals surface area contributed by atoms with Gasteiger partial charge in [-0.15, -0.1) is 0 Å². The minimum Gasteiger partial charge on any atom is -0.312 e. The summed E-state index contributed by atoms with van der Waals surface area (Å²) in [7, 11) is 0. The van der Waals surface area contributed by atoms with E-state index in [1.807, 2.05) is 60.4 Å². The highest BCUT2D eigenvalue weighted by Gasteiger charge is 2.21. The molecule has 1 fully saturated rings. The molecule has 1 N–H and O–H groups in total. The normalized spacial score (nSPS) is 15.1. The van der Waals surface area contributed by atoms with Crippen molar-refractivity contribution in [1.29, 1.82) is 0 Å². The van der Waals surface area contributed by atoms with E-state index in [4.69, 9.17) is 11.6 Å². The fourth-order valence-electron chi connectivity index (χ4n) is 2.56. The predicted molar refractivity (Wildman–Crippen MR) is 95.3 cm³/mol. The van der Waals surface area contributed by atoms with Crippen LogP contribution in [0.5, 0.6) is 0 Å². The quantitative estimate of drug-likeness (QED) is 0.672. The first-order valence-corrected chi connectivity index (χ1v) is 7.98. The van der Waals surface area contributed by atoms with Gasteiger partial charge in [0.1, 0.15) is 0 Å². The average molecular weight is 328 g/mol. The van der Waals surface area contributed by atoms with E-state index in [1.54, 1.807) is 0 Å². The summed E-state index contributed by atoms with van der Waals surface area (Å²) in [6.45, 7) is 2.74. The van der Waals surface area contributed by atoms with Crippen LogP contribution in [0.25, 0.3) is 0 Å². The van der Waals surface area contributed by atoms with E-state index in [9.17, 15) is 4.79 Å². The summed E-state index contributed by atoms with van der Waals surface area (Å²) in [5.74, 6) is 0.198. The van der Waals surface area contributed by atoms with Crippen LogP contribution in [0, 0.1) is 0 Å². The zero-order valence-corrected chi connectivity index (χ0v) is 13.7. The number of para-hydroxylation sites is 1. The lowest BCUT2D eigenvalue weighted by atomic mass is 10.1. The van der Waals surface area contributed by atoms with E-state index in [-0.39, 0.29) is 5.91 Å². The summed E-state index contributed by atoms with van der Waals surface area (Å²) in [5.41, 5.74) is 6.55. The van der Waals surface area contributed by atoms with E-state index in [1.165, 1.54) is 0 Å². The summed E-state index contributed by atoms with van der Waals surface area (Å²) in [4.78, 5) is 13.6. The van der Waals surface area contributed by atoms with Crippen molar-refractivity contribution in [2.45, 2.75) is 19.8 Å². The van der Waals surface area contributed by atoms with E-state index >= 15 is 0 Å². The molecule has 5 heteroatoms. The molecular formula is C18H18ClN3O. The minimum absolute atomic E-state index is 0.198. The molecule has 2 aromatic rings. The number of hydrogen-bond acceptors (Lipinski definition) is 3. The Hall–Kier alpha value is -2.33. The van der Waals surface area contributed by atoms with Gasteiger partial charge >= 0.3 is 0 Å². The van der Waals surface area contributed by atoms with Gasteiger partial charge in [0.05, 0.1) is 16.4 Å². The molecule has 23 heavy (non-hydrogen) atoms. The van der Waals surface area contributed by atoms with Gasteiger partial charge < -0.3 is 4.90 Å². The number of halogens is 1. The van der Waals surface area contributed by atoms with Crippen molar-refractivity contribution in [1.82, 2.24) is 0 Å². The number of nitrogens with one attached hydrogen (secondary N) is 1. The number of amides is 1. The van der Waals surface area contributed by atoms with Gasteiger partial charge in [-0.25, -0.2) is 0 Å². The van der Waals surface area contributed by atoms with Crippen molar-refractivity contribution < 1.29 is 4.79 Å². The Morgan fingerprint density at radius 1 is 1.17 bits per heavy atom. The number of carbonyl (C=O) groups is 1. The maximum Gasteiger partial charge on any atom is 0.227 e. The van der Waals surface area contributed by atoms with Crippen LogP contribution in [0.1, 0.15) is 25.3 Å². The van der Waals surface area contributed by atoms with Gasteiger partial charge in [-0.05, 0) is 43.2 Å². The third kappa shape index (κ3) is 3.54. The number of anilines is 2. The molecule has 0 spiro atoms. The molecule has 0 aromatic heterocycles. The molecule has 2 aromatic carbocycles. The maximum absolute atomic E-state index is 11.8. The van der Waals surface area contributed by atoms with Crippen molar-refractivity contribution in [3.05, 3.63) is 59.1 Å². The second-order valence-corrected chi connectivity index (χ2v) is 5.89. The zero-order chi connectivity index (χ0) is 16.2. The number of benzene rings is 2. The minimum atomic E-state index is 0.198. The molecule has 4 nitrogen and oxygen atoms in total. The second-order valence-electron chi connectivity index (χ2n) is 5.48. The van der Waals surface area contributed by atoms with Crippen molar-refractivity contribution in [2.75, 3.05) is 16.9 Å². The molecule has 0 bridgehead atoms. The summed E-state index contributed by atoms with van der Waals surface area (Å²) >= 11 is 6.09. The van der Waals surface area contributed by atoms with Crippen LogP contribution in [-0.2, 0) is 4.79 Å². The van der Waals surface area contributed by atoms with E-state index in [0.717, 1.165) is 35.6 Å². The van der Waals surface area contributed by atoms with Gasteiger partial charge in [0, 0.05) is 18.7 Å². The highest BCUT2D eigenvalue weighted by atomic mass is 35.5. The fraction of sp³-hybridized carbons (Fsp3) is 0.222. The molecule has 1 aliphatic rings. The Morgan fingerprint density at radius 2 is 1.91 bits per heavy atom. The Bertz CT molecular complexity index is 740. The van der Waals surface area contributed by atoms with Crippen LogP contribution >= 0.6 is 11.6 Å². The van der Waals surface area contributed by atoms with Crippen LogP contribution in [-0.4, -0.2) is 18.2 Å². The molecule has 118 valence electrons. The van der Waals surface area contributed by atoms with Crippen LogP contribution in [0.2, 0.25) is 5.02 Å². The first-order chi connectivity index (χ1) is 11.1. The smallest absolute Gasteiger partial charge is 0.227 e. The molecule has 0 saturated carbocycles. The van der Waals surface area contributed by atoms with Gasteiger partial charge in [-0.1, -0.05) is 35.9 Å². The van der Waals surface area contributed by atoms with Gasteiger partial charge in [0.25, 0.3) is 0 Å². The second kappa shape index (κ2) is 6.84. The molecule has 0 atom stereocenters. The standard InChI is InChI=1S/C18H18ClN3O/c1-13(20-21-17-6-3-2-5-16(17)19)14-8-10-15(11-9-14)22-12-4-7-18(22)23/h2-3,5-6,8-11,21H,4,7,12H2,1H3/b20-13-. The Labute approximate surface area is 140 Å². The van der Waals surface area contributed by atoms with Gasteiger partial charge in [-0.2, -0.15) is 5.10 Å². The SMILES string of the molecule is C/C(=N/Nc1ccccc1Cl)c1ccc(N2CCCC2=O)cc1. The van der Waals surface area contributed by atoms with Crippen LogP contribution in [0.4, 0.5) is 11.4 Å². The number of rotatable bonds is 4. The molecule has 0 unspecified atom stereocenters. The lowest BCUT2D eigenvalue weighted by Crippen LogP contribution is -2.23. The van der Waals surface area contributed by atoms with Crippen molar-refractivity contribution in [3.63, 3.8) is 0 Å². The maximum atomic E-state index is 11.8. The molecule has 1 heterocycles. The third-order valence-electron chi connectivity index (χ3n) is 3.89. The predicted octanol–water partition coefficient (Wildman–Crippen LogP) is 4.30. The van der Waals surface area contributed by atoms with E-state index in [2.05, 4.69) is 10.5 Å². The number of nitrogens with zero attached hydrogens (tertiary/aromatic N) is 2. The largest absolute Gasteiger partial charge is 0.312 e. The molecule has 1 saturated heterocycles. The Balaban J connectivity index is 1.72. The lowest BCUT2D eigenvalue weighted by molar-refractivity contribution is -0.117. The Kier molecular flexibility index (Phi) is 4.63. The summed E-state index contributed by atoms with van der Waals surface area (Å²) < 4.78 is 0. The monoisotopic (exact) mass is 327 g/mol. The van der Waals surface area contributed by atoms with Crippen LogP contribution < -0.4 is 10.3 Å². The molecule has 3 rings (SSSR count). The number of carbonyl (C=O) groups excluding carboxylic acids is 1. The zero-order valence-electron chi connectivity index (χ0n) is 12.9. The van der Waals surface area contributed by atoms with Crippen molar-refractivity contribution >= 4 is 34.6 Å². The van der Waals surface area contributed by atoms with Crippen LogP contribution in [0.3, 0.4) is 0 Å². The highest BCUT2D eigenvalue weighted by Crippen LogP contribution is 2.23. The number of hydrogen-bond donors (Lipinski definition) is 1. The first-order valence-electron chi connectivity index (χ1n) is 7.61. The van der Waals surface area contributed by atoms with E-state index in [0.29, 0.717) is 11.4 Å². The van der Waals surface area contributed by atoms with E-state index < -0.39 is 0 Å². The lowest BCUT2D eigenvalue weighted by Gasteiger charge is -2.15. The average Bonchev–Trinajstić information content (AvgIpc) is 3.00. The highest BCUT2D eigenvalue weighted by molar-refractivity contribution is 6.33. The fourth-order valence-corrected chi connectivity index (χ4v) is 2.74. The van der Waals surface area contributed by atoms with Crippen molar-refractivity contribution in [3.8, 4) is 0 Å². The van der Waals surface area contributed by atoms with Gasteiger partial charge in [0.2, 0.25) is 5.91 Å². The van der Waals surface area contributed by atoms with Crippen LogP contribution in [0.15, 0.2) is 53.6 Å². The van der Waals surface area contributed by atoms with Gasteiger partial charge in [0.15, 0.2) is 0 Å². The summed E-state index contributed by atoms with van der Waals surface area (Å²) in [6.07, 6.45) is 1.58. The molecular weight excluding hydrogens is 310 g/mol. The molecule has 1 aliphatic heterocycles. The number of hydrazone groups is 1. The topological polar surface area (TPSA) is 44.7 Å². The summed E-state index contributed by atoms with van der Waals surface area (Å²) in [5, 5.41) is 5.00. The van der Waals surface area contributed by atoms with Gasteiger partial charge in [-0.3, -0.25) is 10.2 Å². The molecule has 1 amide bonds.